The molecule has 1 aliphatic heterocycles. The van der Waals surface area contributed by atoms with Crippen LogP contribution < -0.4 is 43.1 Å². The van der Waals surface area contributed by atoms with Crippen molar-refractivity contribution in [2.75, 3.05) is 19.8 Å². The molecule has 6 atom stereocenters. The van der Waals surface area contributed by atoms with E-state index in [1.165, 1.54) is 47.0 Å². The number of aryl methyl sites for hydroxylation is 1. The third-order valence-electron chi connectivity index (χ3n) is 8.98. The second kappa shape index (κ2) is 17.6. The molecule has 3 rings (SSSR count). The number of benzene rings is 2. The molecule has 54 heavy (non-hydrogen) atoms. The quantitative estimate of drug-likeness (QED) is 0.0723. The van der Waals surface area contributed by atoms with E-state index in [9.17, 15) is 43.8 Å². The predicted molar refractivity (Wildman–Crippen MR) is 198 cm³/mol. The Labute approximate surface area is 311 Å². The van der Waals surface area contributed by atoms with Crippen LogP contribution in [0.2, 0.25) is 0 Å². The standard InChI is InChI=1S/C36H50N8O10/c1-13(2)22(38-9)34(51)44-36(53)25(18(8)46)43-32(49)20-21(37)28(47)16(6)30-27(20)40-26-19(12-11-15(5)29(26)54-30)31(48)42-24(17(7)45)35(52)41-23(14(3)4)33(50)39-10/h11-14,17-18,22-25,38,45-46H,37H2,1-10H3,(H,39,50)(H,41,52)(H,42,48)(H,43,49)(H,44,51,53)/t17?,18-,22-,23?,24?,25+/m1/s1. The maximum Gasteiger partial charge on any atom is 0.256 e. The Balaban J connectivity index is 2.14. The van der Waals surface area contributed by atoms with Crippen LogP contribution in [0, 0.1) is 25.7 Å². The Kier molecular flexibility index (Phi) is 14.0. The highest BCUT2D eigenvalue weighted by Crippen LogP contribution is 2.34. The van der Waals surface area contributed by atoms with E-state index in [4.69, 9.17) is 10.2 Å². The van der Waals surface area contributed by atoms with Crippen LogP contribution in [0.1, 0.15) is 73.4 Å². The molecule has 1 aromatic carbocycles. The molecule has 0 fully saturated rings. The number of aromatic nitrogens is 1. The lowest BCUT2D eigenvalue weighted by Gasteiger charge is -2.26. The van der Waals surface area contributed by atoms with Crippen molar-refractivity contribution in [1.29, 1.82) is 0 Å². The summed E-state index contributed by atoms with van der Waals surface area (Å²) in [6, 6.07) is -2.06. The number of likely N-dealkylation sites (N-methyl/N-ethyl adjacent to an activating group) is 2. The van der Waals surface area contributed by atoms with E-state index in [0.717, 1.165) is 0 Å². The van der Waals surface area contributed by atoms with Gasteiger partial charge in [-0.25, -0.2) is 4.98 Å². The van der Waals surface area contributed by atoms with Crippen molar-refractivity contribution in [3.63, 3.8) is 0 Å². The number of nitrogen functional groups attached to an aromatic ring is 1. The molecule has 0 saturated carbocycles. The van der Waals surface area contributed by atoms with Crippen molar-refractivity contribution in [1.82, 2.24) is 36.9 Å². The number of nitrogens with one attached hydrogen (secondary N) is 6. The monoisotopic (exact) mass is 754 g/mol. The first-order valence-electron chi connectivity index (χ1n) is 17.4. The summed E-state index contributed by atoms with van der Waals surface area (Å²) in [7, 11) is 2.94. The highest BCUT2D eigenvalue weighted by Gasteiger charge is 2.35. The van der Waals surface area contributed by atoms with Crippen LogP contribution in [0.25, 0.3) is 22.6 Å². The summed E-state index contributed by atoms with van der Waals surface area (Å²) < 4.78 is 6.12. The summed E-state index contributed by atoms with van der Waals surface area (Å²) in [6.45, 7) is 12.4. The summed E-state index contributed by atoms with van der Waals surface area (Å²) in [5.41, 5.74) is 4.22. The minimum atomic E-state index is -1.69. The highest BCUT2D eigenvalue weighted by atomic mass is 16.3. The molecule has 0 saturated heterocycles. The fraction of sp³-hybridized carbons (Fsp3) is 0.500. The van der Waals surface area contributed by atoms with Gasteiger partial charge in [0.1, 0.15) is 29.3 Å². The largest absolute Gasteiger partial charge is 0.452 e. The lowest BCUT2D eigenvalue weighted by Crippen LogP contribution is -2.58. The second-order valence-corrected chi connectivity index (χ2v) is 13.8. The number of carbonyl (C=O) groups excluding carboxylic acids is 6. The van der Waals surface area contributed by atoms with Gasteiger partial charge in [-0.3, -0.25) is 38.9 Å². The molecule has 294 valence electrons. The van der Waals surface area contributed by atoms with Crippen LogP contribution in [-0.2, 0) is 19.2 Å². The number of nitrogens with two attached hydrogens (primary N) is 1. The maximum atomic E-state index is 13.9. The molecule has 18 nitrogen and oxygen atoms in total. The zero-order valence-electron chi connectivity index (χ0n) is 32.0. The van der Waals surface area contributed by atoms with E-state index in [1.54, 1.807) is 34.6 Å². The molecule has 6 amide bonds. The van der Waals surface area contributed by atoms with Crippen LogP contribution in [-0.4, -0.2) is 101 Å². The molecule has 1 aliphatic carbocycles. The zero-order chi connectivity index (χ0) is 40.9. The smallest absolute Gasteiger partial charge is 0.256 e. The molecular weight excluding hydrogens is 704 g/mol. The van der Waals surface area contributed by atoms with Crippen LogP contribution >= 0.6 is 0 Å². The number of carbonyl (C=O) groups is 6. The van der Waals surface area contributed by atoms with E-state index in [1.807, 2.05) is 0 Å². The first-order chi connectivity index (χ1) is 25.2. The Morgan fingerprint density at radius 3 is 1.80 bits per heavy atom. The number of imide groups is 1. The van der Waals surface area contributed by atoms with Gasteiger partial charge in [0, 0.05) is 12.6 Å². The van der Waals surface area contributed by atoms with Crippen molar-refractivity contribution in [3.8, 4) is 11.5 Å². The van der Waals surface area contributed by atoms with Gasteiger partial charge in [0.25, 0.3) is 17.7 Å². The SMILES string of the molecule is CNC(=O)C(NC(=O)C(NC(=O)c1ccc(C)c2oc3c(C)c(=O)c(N)c(C(=O)N[C@H](C(=O)NC(=O)[C@H](NC)C(C)C)[C@@H](C)O)c-3nc12)C(C)O)C(C)C. The van der Waals surface area contributed by atoms with Gasteiger partial charge in [0.15, 0.2) is 11.3 Å². The Morgan fingerprint density at radius 1 is 0.741 bits per heavy atom. The van der Waals surface area contributed by atoms with Gasteiger partial charge in [-0.1, -0.05) is 33.8 Å². The number of anilines is 1. The summed E-state index contributed by atoms with van der Waals surface area (Å²) in [6.07, 6.45) is -2.94. The number of nitrogens with zero attached hydrogens (tertiary/aromatic N) is 1. The fourth-order valence-corrected chi connectivity index (χ4v) is 5.83. The molecule has 18 heteroatoms. The number of hydrogen-bond donors (Lipinski definition) is 9. The second-order valence-electron chi connectivity index (χ2n) is 13.8. The Morgan fingerprint density at radius 2 is 1.28 bits per heavy atom. The molecule has 3 unspecified atom stereocenters. The van der Waals surface area contributed by atoms with Crippen LogP contribution in [0.4, 0.5) is 5.69 Å². The summed E-state index contributed by atoms with van der Waals surface area (Å²) >= 11 is 0. The number of amides is 6. The summed E-state index contributed by atoms with van der Waals surface area (Å²) in [5.74, 6) is -5.77. The third-order valence-corrected chi connectivity index (χ3v) is 8.98. The molecule has 10 N–H and O–H groups in total. The predicted octanol–water partition coefficient (Wildman–Crippen LogP) is -0.776. The Bertz CT molecular complexity index is 1970. The van der Waals surface area contributed by atoms with Crippen molar-refractivity contribution in [2.24, 2.45) is 11.8 Å². The van der Waals surface area contributed by atoms with E-state index < -0.39 is 88.5 Å². The zero-order valence-corrected chi connectivity index (χ0v) is 32.0. The van der Waals surface area contributed by atoms with Crippen molar-refractivity contribution in [3.05, 3.63) is 44.6 Å². The number of rotatable bonds is 14. The lowest BCUT2D eigenvalue weighted by molar-refractivity contribution is -0.134. The average molecular weight is 755 g/mol. The topological polar surface area (TPSA) is 284 Å². The lowest BCUT2D eigenvalue weighted by atomic mass is 9.98. The van der Waals surface area contributed by atoms with Crippen molar-refractivity contribution < 1.29 is 43.4 Å². The molecule has 0 bridgehead atoms. The normalized spacial score (nSPS) is 14.9. The third kappa shape index (κ3) is 9.00. The van der Waals surface area contributed by atoms with Gasteiger partial charge in [-0.05, 0) is 58.2 Å². The number of hydrogen-bond acceptors (Lipinski definition) is 13. The van der Waals surface area contributed by atoms with E-state index in [2.05, 4.69) is 36.9 Å². The minimum Gasteiger partial charge on any atom is -0.452 e. The maximum absolute atomic E-state index is 13.9. The summed E-state index contributed by atoms with van der Waals surface area (Å²) in [5, 5.41) is 35.8. The highest BCUT2D eigenvalue weighted by molar-refractivity contribution is 6.10. The van der Waals surface area contributed by atoms with Gasteiger partial charge in [0.2, 0.25) is 23.2 Å². The van der Waals surface area contributed by atoms with Crippen LogP contribution in [0.5, 0.6) is 0 Å². The average Bonchev–Trinajstić information content (AvgIpc) is 3.09. The number of aliphatic hydroxyl groups excluding tert-OH is 2. The first-order valence-corrected chi connectivity index (χ1v) is 17.4. The molecule has 1 aromatic rings. The van der Waals surface area contributed by atoms with Crippen molar-refractivity contribution >= 4 is 52.2 Å². The van der Waals surface area contributed by atoms with Gasteiger partial charge < -0.3 is 46.9 Å². The fourth-order valence-electron chi connectivity index (χ4n) is 5.83. The van der Waals surface area contributed by atoms with Crippen LogP contribution in [0.3, 0.4) is 0 Å². The minimum absolute atomic E-state index is 0.0217. The molecule has 1 heterocycles. The number of aliphatic hydroxyl groups is 2. The molecule has 0 aromatic heterocycles. The van der Waals surface area contributed by atoms with Crippen LogP contribution in [0.15, 0.2) is 21.3 Å². The molecule has 0 spiro atoms. The number of fused-ring (bicyclic) bond motifs is 2. The van der Waals surface area contributed by atoms with E-state index in [-0.39, 0.29) is 45.5 Å². The molecule has 0 radical (unpaired) electrons. The van der Waals surface area contributed by atoms with E-state index in [0.29, 0.717) is 5.56 Å². The van der Waals surface area contributed by atoms with Gasteiger partial charge >= 0.3 is 0 Å². The Hall–Kier alpha value is -5.46. The van der Waals surface area contributed by atoms with Gasteiger partial charge in [-0.2, -0.15) is 0 Å². The summed E-state index contributed by atoms with van der Waals surface area (Å²) in [4.78, 5) is 97.1. The first kappa shape index (κ1) is 42.9. The molecule has 2 aliphatic rings. The van der Waals surface area contributed by atoms with Gasteiger partial charge in [0.05, 0.1) is 35.1 Å². The molecular formula is C36H50N8O10. The van der Waals surface area contributed by atoms with Gasteiger partial charge in [-0.15, -0.1) is 0 Å². The van der Waals surface area contributed by atoms with E-state index >= 15 is 0 Å². The van der Waals surface area contributed by atoms with Crippen molar-refractivity contribution in [2.45, 2.75) is 91.8 Å².